The Kier molecular flexibility index (Phi) is 5.64. The van der Waals surface area contributed by atoms with Gasteiger partial charge in [0, 0.05) is 20.7 Å². The van der Waals surface area contributed by atoms with Crippen LogP contribution in [0.15, 0.2) is 34.5 Å². The Morgan fingerprint density at radius 3 is 2.71 bits per heavy atom. The van der Waals surface area contributed by atoms with Crippen LogP contribution in [0.5, 0.6) is 0 Å². The minimum absolute atomic E-state index is 0.353. The number of aryl methyl sites for hydroxylation is 1. The monoisotopic (exact) mass is 436 g/mol. The van der Waals surface area contributed by atoms with E-state index in [1.807, 2.05) is 26.0 Å². The number of halogens is 1. The van der Waals surface area contributed by atoms with E-state index in [-0.39, 0.29) is 0 Å². The van der Waals surface area contributed by atoms with Gasteiger partial charge >= 0.3 is 0 Å². The highest BCUT2D eigenvalue weighted by molar-refractivity contribution is 14.1. The molecule has 0 unspecified atom stereocenters. The molecular formula is C14H17IN2O2S2. The number of sulfonamides is 1. The molecule has 2 N–H and O–H groups in total. The predicted molar refractivity (Wildman–Crippen MR) is 96.4 cm³/mol. The van der Waals surface area contributed by atoms with Crippen LogP contribution >= 0.6 is 33.9 Å². The molecule has 0 saturated carbocycles. The van der Waals surface area contributed by atoms with E-state index in [1.54, 1.807) is 18.2 Å². The van der Waals surface area contributed by atoms with Crippen molar-refractivity contribution in [1.29, 1.82) is 0 Å². The van der Waals surface area contributed by atoms with Crippen molar-refractivity contribution in [1.82, 2.24) is 5.32 Å². The summed E-state index contributed by atoms with van der Waals surface area (Å²) >= 11 is 3.47. The molecule has 1 aromatic carbocycles. The summed E-state index contributed by atoms with van der Waals surface area (Å²) in [7, 11) is -3.52. The summed E-state index contributed by atoms with van der Waals surface area (Å²) in [4.78, 5) is 1.06. The Hall–Kier alpha value is -0.640. The van der Waals surface area contributed by atoms with Gasteiger partial charge in [-0.1, -0.05) is 13.0 Å². The summed E-state index contributed by atoms with van der Waals surface area (Å²) in [5.74, 6) is 0. The van der Waals surface area contributed by atoms with E-state index < -0.39 is 10.0 Å². The van der Waals surface area contributed by atoms with Gasteiger partial charge in [0.1, 0.15) is 4.21 Å². The first-order valence-corrected chi connectivity index (χ1v) is 9.88. The Morgan fingerprint density at radius 2 is 2.05 bits per heavy atom. The molecule has 114 valence electrons. The maximum absolute atomic E-state index is 12.4. The van der Waals surface area contributed by atoms with Gasteiger partial charge < -0.3 is 5.32 Å². The molecule has 0 aliphatic rings. The van der Waals surface area contributed by atoms with Crippen molar-refractivity contribution in [3.8, 4) is 0 Å². The molecule has 0 aliphatic heterocycles. The summed E-state index contributed by atoms with van der Waals surface area (Å²) in [6.07, 6.45) is 0. The fraction of sp³-hybridized carbons (Fsp3) is 0.286. The number of rotatable bonds is 6. The molecule has 0 saturated heterocycles. The topological polar surface area (TPSA) is 58.2 Å². The molecule has 2 rings (SSSR count). The number of thiophene rings is 1. The summed E-state index contributed by atoms with van der Waals surface area (Å²) in [6, 6.07) is 9.03. The van der Waals surface area contributed by atoms with Crippen LogP contribution in [0.4, 0.5) is 5.69 Å². The zero-order valence-corrected chi connectivity index (χ0v) is 15.6. The number of anilines is 1. The van der Waals surface area contributed by atoms with Crippen LogP contribution < -0.4 is 10.0 Å². The average molecular weight is 436 g/mol. The van der Waals surface area contributed by atoms with Crippen molar-refractivity contribution in [2.24, 2.45) is 0 Å². The van der Waals surface area contributed by atoms with Gasteiger partial charge in [0.2, 0.25) is 0 Å². The lowest BCUT2D eigenvalue weighted by atomic mass is 10.3. The van der Waals surface area contributed by atoms with Gasteiger partial charge in [-0.3, -0.25) is 4.72 Å². The van der Waals surface area contributed by atoms with Gasteiger partial charge in [-0.25, -0.2) is 8.42 Å². The second kappa shape index (κ2) is 7.08. The molecule has 21 heavy (non-hydrogen) atoms. The number of benzene rings is 1. The van der Waals surface area contributed by atoms with Crippen LogP contribution in [-0.2, 0) is 16.6 Å². The van der Waals surface area contributed by atoms with Gasteiger partial charge in [0.25, 0.3) is 10.0 Å². The summed E-state index contributed by atoms with van der Waals surface area (Å²) in [5, 5.41) is 3.22. The second-order valence-corrected chi connectivity index (χ2v) is 8.86. The number of hydrogen-bond donors (Lipinski definition) is 2. The minimum atomic E-state index is -3.52. The molecule has 2 aromatic rings. The molecule has 7 heteroatoms. The van der Waals surface area contributed by atoms with Crippen molar-refractivity contribution in [3.05, 3.63) is 44.3 Å². The Balaban J connectivity index is 2.23. The molecule has 0 atom stereocenters. The smallest absolute Gasteiger partial charge is 0.271 e. The third kappa shape index (κ3) is 4.41. The fourth-order valence-electron chi connectivity index (χ4n) is 1.79. The molecule has 0 radical (unpaired) electrons. The lowest BCUT2D eigenvalue weighted by molar-refractivity contribution is 0.603. The largest absolute Gasteiger partial charge is 0.312 e. The quantitative estimate of drug-likeness (QED) is 0.681. The predicted octanol–water partition coefficient (Wildman–Crippen LogP) is 3.57. The highest BCUT2D eigenvalue weighted by Crippen LogP contribution is 2.28. The van der Waals surface area contributed by atoms with E-state index in [2.05, 4.69) is 32.6 Å². The molecule has 0 amide bonds. The maximum Gasteiger partial charge on any atom is 0.271 e. The first-order chi connectivity index (χ1) is 9.92. The van der Waals surface area contributed by atoms with Crippen LogP contribution in [0.2, 0.25) is 0 Å². The molecule has 0 bridgehead atoms. The van der Waals surface area contributed by atoms with Gasteiger partial charge in [-0.05, 0) is 65.9 Å². The summed E-state index contributed by atoms with van der Waals surface area (Å²) in [5.41, 5.74) is 1.59. The second-order valence-electron chi connectivity index (χ2n) is 4.57. The van der Waals surface area contributed by atoms with Crippen molar-refractivity contribution in [3.63, 3.8) is 0 Å². The van der Waals surface area contributed by atoms with Gasteiger partial charge in [0.15, 0.2) is 0 Å². The van der Waals surface area contributed by atoms with Crippen molar-refractivity contribution >= 4 is 49.6 Å². The fourth-order valence-corrected chi connectivity index (χ4v) is 4.94. The van der Waals surface area contributed by atoms with Crippen LogP contribution in [0.1, 0.15) is 17.4 Å². The zero-order chi connectivity index (χ0) is 15.5. The third-order valence-corrected chi connectivity index (χ3v) is 6.64. The third-order valence-electron chi connectivity index (χ3n) is 2.88. The van der Waals surface area contributed by atoms with Crippen LogP contribution in [-0.4, -0.2) is 15.0 Å². The van der Waals surface area contributed by atoms with E-state index in [4.69, 9.17) is 0 Å². The van der Waals surface area contributed by atoms with Crippen molar-refractivity contribution < 1.29 is 8.42 Å². The molecule has 4 nitrogen and oxygen atoms in total. The summed E-state index contributed by atoms with van der Waals surface area (Å²) < 4.78 is 28.8. The molecular weight excluding hydrogens is 419 g/mol. The first-order valence-electron chi connectivity index (χ1n) is 6.51. The van der Waals surface area contributed by atoms with Crippen molar-refractivity contribution in [2.75, 3.05) is 11.3 Å². The van der Waals surface area contributed by atoms with Gasteiger partial charge in [0.05, 0.1) is 0 Å². The molecule has 0 spiro atoms. The van der Waals surface area contributed by atoms with Gasteiger partial charge in [-0.15, -0.1) is 11.3 Å². The SMILES string of the molecule is CCNCc1sc(S(=O)(=O)Nc2cccc(I)c2)cc1C. The lowest BCUT2D eigenvalue weighted by Gasteiger charge is -2.06. The highest BCUT2D eigenvalue weighted by atomic mass is 127. The van der Waals surface area contributed by atoms with Gasteiger partial charge in [-0.2, -0.15) is 0 Å². The van der Waals surface area contributed by atoms with E-state index in [0.717, 1.165) is 20.6 Å². The molecule has 1 heterocycles. The zero-order valence-electron chi connectivity index (χ0n) is 11.8. The van der Waals surface area contributed by atoms with Crippen molar-refractivity contribution in [2.45, 2.75) is 24.6 Å². The van der Waals surface area contributed by atoms with Crippen LogP contribution in [0.25, 0.3) is 0 Å². The lowest BCUT2D eigenvalue weighted by Crippen LogP contribution is -2.12. The van der Waals surface area contributed by atoms with Crippen LogP contribution in [0.3, 0.4) is 0 Å². The Bertz CT molecular complexity index is 726. The van der Waals surface area contributed by atoms with E-state index in [1.165, 1.54) is 11.3 Å². The average Bonchev–Trinajstić information content (AvgIpc) is 2.78. The summed E-state index contributed by atoms with van der Waals surface area (Å²) in [6.45, 7) is 5.53. The molecule has 0 aliphatic carbocycles. The van der Waals surface area contributed by atoms with E-state index in [0.29, 0.717) is 16.4 Å². The Morgan fingerprint density at radius 1 is 1.29 bits per heavy atom. The highest BCUT2D eigenvalue weighted by Gasteiger charge is 2.19. The van der Waals surface area contributed by atoms with Crippen LogP contribution in [0, 0.1) is 10.5 Å². The Labute approximate surface area is 143 Å². The first kappa shape index (κ1) is 16.7. The minimum Gasteiger partial charge on any atom is -0.312 e. The van der Waals surface area contributed by atoms with E-state index >= 15 is 0 Å². The standard InChI is InChI=1S/C14H17IN2O2S2/c1-3-16-9-13-10(2)7-14(20-13)21(18,19)17-12-6-4-5-11(15)8-12/h4-8,16-17H,3,9H2,1-2H3. The number of nitrogens with one attached hydrogen (secondary N) is 2. The maximum atomic E-state index is 12.4. The normalized spacial score (nSPS) is 11.6. The molecule has 0 fully saturated rings. The van der Waals surface area contributed by atoms with E-state index in [9.17, 15) is 8.42 Å². The molecule has 1 aromatic heterocycles. The number of hydrogen-bond acceptors (Lipinski definition) is 4.